The van der Waals surface area contributed by atoms with E-state index in [-0.39, 0.29) is 0 Å². The molecule has 0 aromatic heterocycles. The van der Waals surface area contributed by atoms with Crippen molar-refractivity contribution < 1.29 is 0 Å². The van der Waals surface area contributed by atoms with E-state index in [0.29, 0.717) is 0 Å². The Bertz CT molecular complexity index is 157. The van der Waals surface area contributed by atoms with E-state index >= 15 is 0 Å². The van der Waals surface area contributed by atoms with Crippen molar-refractivity contribution in [2.24, 2.45) is 11.8 Å². The lowest BCUT2D eigenvalue weighted by Crippen LogP contribution is -2.27. The molecule has 1 fully saturated rings. The number of rotatable bonds is 7. The summed E-state index contributed by atoms with van der Waals surface area (Å²) in [4.78, 5) is 2.63. The summed E-state index contributed by atoms with van der Waals surface area (Å²) >= 11 is 0. The van der Waals surface area contributed by atoms with Crippen LogP contribution in [0.5, 0.6) is 0 Å². The van der Waals surface area contributed by atoms with Crippen LogP contribution in [-0.4, -0.2) is 37.6 Å². The first-order valence-electron chi connectivity index (χ1n) is 6.65. The number of nitrogens with zero attached hydrogens (tertiary/aromatic N) is 1. The number of hydrogen-bond donors (Lipinski definition) is 1. The Morgan fingerprint density at radius 1 is 1.40 bits per heavy atom. The molecule has 0 aromatic rings. The SMILES string of the molecule is CCC1CCN(CCCNCC(C)C)C1. The Morgan fingerprint density at radius 2 is 2.20 bits per heavy atom. The molecule has 15 heavy (non-hydrogen) atoms. The number of hydrogen-bond acceptors (Lipinski definition) is 2. The van der Waals surface area contributed by atoms with Crippen molar-refractivity contribution in [1.29, 1.82) is 0 Å². The average Bonchev–Trinajstić information content (AvgIpc) is 2.65. The van der Waals surface area contributed by atoms with Crippen molar-refractivity contribution in [3.05, 3.63) is 0 Å². The quantitative estimate of drug-likeness (QED) is 0.652. The second-order valence-corrected chi connectivity index (χ2v) is 5.32. The van der Waals surface area contributed by atoms with E-state index in [4.69, 9.17) is 0 Å². The normalized spacial score (nSPS) is 22.8. The monoisotopic (exact) mass is 212 g/mol. The molecule has 0 spiro atoms. The zero-order chi connectivity index (χ0) is 11.1. The largest absolute Gasteiger partial charge is 0.316 e. The van der Waals surface area contributed by atoms with E-state index in [1.54, 1.807) is 0 Å². The van der Waals surface area contributed by atoms with Crippen molar-refractivity contribution in [3.8, 4) is 0 Å². The molecule has 90 valence electrons. The highest BCUT2D eigenvalue weighted by Crippen LogP contribution is 2.18. The van der Waals surface area contributed by atoms with Crippen LogP contribution < -0.4 is 5.32 Å². The van der Waals surface area contributed by atoms with Gasteiger partial charge in [-0.2, -0.15) is 0 Å². The van der Waals surface area contributed by atoms with E-state index in [1.165, 1.54) is 45.4 Å². The second kappa shape index (κ2) is 7.24. The predicted octanol–water partition coefficient (Wildman–Crippen LogP) is 2.35. The molecule has 0 bridgehead atoms. The van der Waals surface area contributed by atoms with Gasteiger partial charge in [0.25, 0.3) is 0 Å². The van der Waals surface area contributed by atoms with Gasteiger partial charge in [0.2, 0.25) is 0 Å². The summed E-state index contributed by atoms with van der Waals surface area (Å²) < 4.78 is 0. The highest BCUT2D eigenvalue weighted by molar-refractivity contribution is 4.74. The van der Waals surface area contributed by atoms with Crippen LogP contribution in [-0.2, 0) is 0 Å². The molecular weight excluding hydrogens is 184 g/mol. The van der Waals surface area contributed by atoms with Gasteiger partial charge in [0.15, 0.2) is 0 Å². The molecule has 1 heterocycles. The van der Waals surface area contributed by atoms with Gasteiger partial charge >= 0.3 is 0 Å². The molecule has 0 aromatic carbocycles. The van der Waals surface area contributed by atoms with Crippen LogP contribution in [0.25, 0.3) is 0 Å². The molecule has 2 heteroatoms. The maximum absolute atomic E-state index is 3.51. The fourth-order valence-corrected chi connectivity index (χ4v) is 2.27. The molecule has 0 aliphatic carbocycles. The Labute approximate surface area is 95.4 Å². The summed E-state index contributed by atoms with van der Waals surface area (Å²) in [6, 6.07) is 0. The fraction of sp³-hybridized carbons (Fsp3) is 1.00. The topological polar surface area (TPSA) is 15.3 Å². The van der Waals surface area contributed by atoms with Gasteiger partial charge in [-0.15, -0.1) is 0 Å². The van der Waals surface area contributed by atoms with Crippen LogP contribution in [0.2, 0.25) is 0 Å². The van der Waals surface area contributed by atoms with Crippen molar-refractivity contribution in [2.75, 3.05) is 32.7 Å². The number of likely N-dealkylation sites (tertiary alicyclic amines) is 1. The van der Waals surface area contributed by atoms with Crippen LogP contribution in [0.3, 0.4) is 0 Å². The minimum atomic E-state index is 0.779. The lowest BCUT2D eigenvalue weighted by Gasteiger charge is -2.15. The predicted molar refractivity (Wildman–Crippen MR) is 67.2 cm³/mol. The maximum Gasteiger partial charge on any atom is 0.00100 e. The van der Waals surface area contributed by atoms with Gasteiger partial charge in [-0.25, -0.2) is 0 Å². The van der Waals surface area contributed by atoms with Crippen LogP contribution in [0.15, 0.2) is 0 Å². The van der Waals surface area contributed by atoms with Gasteiger partial charge in [-0.1, -0.05) is 27.2 Å². The molecule has 0 amide bonds. The highest BCUT2D eigenvalue weighted by atomic mass is 15.1. The molecule has 1 N–H and O–H groups in total. The standard InChI is InChI=1S/C13H28N2/c1-4-13-6-9-15(11-13)8-5-7-14-10-12(2)3/h12-14H,4-11H2,1-3H3. The van der Waals surface area contributed by atoms with Gasteiger partial charge < -0.3 is 10.2 Å². The van der Waals surface area contributed by atoms with Gasteiger partial charge in [0, 0.05) is 6.54 Å². The van der Waals surface area contributed by atoms with Gasteiger partial charge in [-0.05, 0) is 50.9 Å². The molecule has 2 nitrogen and oxygen atoms in total. The summed E-state index contributed by atoms with van der Waals surface area (Å²) in [6.45, 7) is 13.2. The third-order valence-electron chi connectivity index (χ3n) is 3.33. The van der Waals surface area contributed by atoms with E-state index < -0.39 is 0 Å². The zero-order valence-corrected chi connectivity index (χ0v) is 10.8. The first kappa shape index (κ1) is 13.0. The van der Waals surface area contributed by atoms with Crippen LogP contribution in [0.4, 0.5) is 0 Å². The van der Waals surface area contributed by atoms with Crippen LogP contribution in [0.1, 0.15) is 40.0 Å². The van der Waals surface area contributed by atoms with E-state index in [2.05, 4.69) is 31.0 Å². The summed E-state index contributed by atoms with van der Waals surface area (Å²) in [5.74, 6) is 1.76. The van der Waals surface area contributed by atoms with Crippen LogP contribution >= 0.6 is 0 Å². The first-order chi connectivity index (χ1) is 7.22. The minimum Gasteiger partial charge on any atom is -0.316 e. The second-order valence-electron chi connectivity index (χ2n) is 5.32. The Balaban J connectivity index is 1.92. The molecule has 1 saturated heterocycles. The molecule has 1 atom stereocenters. The van der Waals surface area contributed by atoms with E-state index in [1.807, 2.05) is 0 Å². The molecule has 1 aliphatic heterocycles. The van der Waals surface area contributed by atoms with Crippen molar-refractivity contribution in [2.45, 2.75) is 40.0 Å². The van der Waals surface area contributed by atoms with Gasteiger partial charge in [0.05, 0.1) is 0 Å². The van der Waals surface area contributed by atoms with Crippen LogP contribution in [0, 0.1) is 11.8 Å². The Hall–Kier alpha value is -0.0800. The van der Waals surface area contributed by atoms with Gasteiger partial charge in [0.1, 0.15) is 0 Å². The Kier molecular flexibility index (Phi) is 6.26. The third-order valence-corrected chi connectivity index (χ3v) is 3.33. The molecular formula is C13H28N2. The minimum absolute atomic E-state index is 0.779. The Morgan fingerprint density at radius 3 is 2.80 bits per heavy atom. The van der Waals surface area contributed by atoms with Crippen molar-refractivity contribution in [1.82, 2.24) is 10.2 Å². The molecule has 1 unspecified atom stereocenters. The average molecular weight is 212 g/mol. The fourth-order valence-electron chi connectivity index (χ4n) is 2.27. The number of nitrogens with one attached hydrogen (secondary N) is 1. The zero-order valence-electron chi connectivity index (χ0n) is 10.8. The maximum atomic E-state index is 3.51. The lowest BCUT2D eigenvalue weighted by molar-refractivity contribution is 0.315. The first-order valence-corrected chi connectivity index (χ1v) is 6.65. The summed E-state index contributed by atoms with van der Waals surface area (Å²) in [5.41, 5.74) is 0. The van der Waals surface area contributed by atoms with Crippen molar-refractivity contribution >= 4 is 0 Å². The van der Waals surface area contributed by atoms with Crippen molar-refractivity contribution in [3.63, 3.8) is 0 Å². The van der Waals surface area contributed by atoms with E-state index in [0.717, 1.165) is 18.4 Å². The third kappa shape index (κ3) is 5.53. The lowest BCUT2D eigenvalue weighted by atomic mass is 10.1. The smallest absolute Gasteiger partial charge is 0.00100 e. The summed E-state index contributed by atoms with van der Waals surface area (Å²) in [6.07, 6.45) is 4.10. The molecule has 1 aliphatic rings. The van der Waals surface area contributed by atoms with E-state index in [9.17, 15) is 0 Å². The molecule has 1 rings (SSSR count). The molecule has 0 radical (unpaired) electrons. The summed E-state index contributed by atoms with van der Waals surface area (Å²) in [7, 11) is 0. The highest BCUT2D eigenvalue weighted by Gasteiger charge is 2.19. The molecule has 0 saturated carbocycles. The van der Waals surface area contributed by atoms with Gasteiger partial charge in [-0.3, -0.25) is 0 Å². The summed E-state index contributed by atoms with van der Waals surface area (Å²) in [5, 5.41) is 3.51.